The van der Waals surface area contributed by atoms with Gasteiger partial charge in [0.25, 0.3) is 5.91 Å². The zero-order valence-corrected chi connectivity index (χ0v) is 12.4. The second kappa shape index (κ2) is 6.89. The first-order valence-corrected chi connectivity index (χ1v) is 7.03. The standard InChI is InChI=1S/C16H18N2O4/c1-10(2)8-13(16(20)21)17-15(19)14-9-12(18-22-14)11-6-4-3-5-7-11/h3-7,9-10,13H,8H2,1-2H3,(H,17,19)(H,20,21)/t13-/m0/s1. The first kappa shape index (κ1) is 15.8. The van der Waals surface area contributed by atoms with Crippen molar-refractivity contribution in [2.75, 3.05) is 0 Å². The van der Waals surface area contributed by atoms with Gasteiger partial charge in [0.05, 0.1) is 0 Å². The van der Waals surface area contributed by atoms with Crippen LogP contribution in [0.4, 0.5) is 0 Å². The number of rotatable bonds is 6. The molecule has 0 aliphatic rings. The molecule has 0 spiro atoms. The largest absolute Gasteiger partial charge is 0.480 e. The van der Waals surface area contributed by atoms with E-state index >= 15 is 0 Å². The molecule has 6 nitrogen and oxygen atoms in total. The van der Waals surface area contributed by atoms with Crippen molar-refractivity contribution in [3.8, 4) is 11.3 Å². The fourth-order valence-electron chi connectivity index (χ4n) is 2.05. The van der Waals surface area contributed by atoms with E-state index in [2.05, 4.69) is 10.5 Å². The number of aromatic nitrogens is 1. The Bertz CT molecular complexity index is 649. The topological polar surface area (TPSA) is 92.4 Å². The monoisotopic (exact) mass is 302 g/mol. The summed E-state index contributed by atoms with van der Waals surface area (Å²) >= 11 is 0. The Morgan fingerprint density at radius 1 is 1.27 bits per heavy atom. The summed E-state index contributed by atoms with van der Waals surface area (Å²) in [5, 5.41) is 15.4. The highest BCUT2D eigenvalue weighted by molar-refractivity contribution is 5.95. The molecule has 2 N–H and O–H groups in total. The second-order valence-electron chi connectivity index (χ2n) is 5.44. The van der Waals surface area contributed by atoms with Crippen molar-refractivity contribution in [2.24, 2.45) is 5.92 Å². The van der Waals surface area contributed by atoms with Crippen LogP contribution in [0.3, 0.4) is 0 Å². The molecular weight excluding hydrogens is 284 g/mol. The molecule has 1 amide bonds. The average molecular weight is 302 g/mol. The summed E-state index contributed by atoms with van der Waals surface area (Å²) in [5.74, 6) is -1.50. The van der Waals surface area contributed by atoms with Crippen LogP contribution in [0, 0.1) is 5.92 Å². The van der Waals surface area contributed by atoms with Gasteiger partial charge in [0.2, 0.25) is 5.76 Å². The molecule has 0 fully saturated rings. The van der Waals surface area contributed by atoms with Crippen LogP contribution in [-0.2, 0) is 4.79 Å². The van der Waals surface area contributed by atoms with Gasteiger partial charge in [-0.3, -0.25) is 4.79 Å². The molecular formula is C16H18N2O4. The lowest BCUT2D eigenvalue weighted by atomic mass is 10.0. The van der Waals surface area contributed by atoms with Crippen molar-refractivity contribution in [1.29, 1.82) is 0 Å². The number of benzene rings is 1. The maximum atomic E-state index is 12.1. The molecule has 6 heteroatoms. The smallest absolute Gasteiger partial charge is 0.326 e. The van der Waals surface area contributed by atoms with Crippen LogP contribution < -0.4 is 5.32 Å². The first-order chi connectivity index (χ1) is 10.5. The number of hydrogen-bond donors (Lipinski definition) is 2. The van der Waals surface area contributed by atoms with Gasteiger partial charge >= 0.3 is 5.97 Å². The molecule has 0 aliphatic heterocycles. The highest BCUT2D eigenvalue weighted by Gasteiger charge is 2.23. The number of aliphatic carboxylic acids is 1. The van der Waals surface area contributed by atoms with E-state index in [0.717, 1.165) is 5.56 Å². The third-order valence-electron chi connectivity index (χ3n) is 3.11. The van der Waals surface area contributed by atoms with Gasteiger partial charge in [-0.25, -0.2) is 4.79 Å². The molecule has 116 valence electrons. The Kier molecular flexibility index (Phi) is 4.93. The Hall–Kier alpha value is -2.63. The molecule has 0 bridgehead atoms. The van der Waals surface area contributed by atoms with E-state index in [4.69, 9.17) is 9.63 Å². The van der Waals surface area contributed by atoms with E-state index in [0.29, 0.717) is 12.1 Å². The summed E-state index contributed by atoms with van der Waals surface area (Å²) in [6.07, 6.45) is 0.348. The number of nitrogens with one attached hydrogen (secondary N) is 1. The summed E-state index contributed by atoms with van der Waals surface area (Å²) in [7, 11) is 0. The van der Waals surface area contributed by atoms with Crippen LogP contribution >= 0.6 is 0 Å². The Labute approximate surface area is 128 Å². The molecule has 2 rings (SSSR count). The maximum absolute atomic E-state index is 12.1. The van der Waals surface area contributed by atoms with Gasteiger partial charge in [-0.1, -0.05) is 49.3 Å². The third kappa shape index (κ3) is 3.94. The predicted octanol–water partition coefficient (Wildman–Crippen LogP) is 2.57. The summed E-state index contributed by atoms with van der Waals surface area (Å²) in [4.78, 5) is 23.2. The molecule has 0 unspecified atom stereocenters. The van der Waals surface area contributed by atoms with Crippen LogP contribution in [-0.4, -0.2) is 28.2 Å². The number of nitrogens with zero attached hydrogens (tertiary/aromatic N) is 1. The lowest BCUT2D eigenvalue weighted by molar-refractivity contribution is -0.139. The summed E-state index contributed by atoms with van der Waals surface area (Å²) in [5.41, 5.74) is 1.35. The number of carboxylic acid groups (broad SMARTS) is 1. The van der Waals surface area contributed by atoms with Crippen molar-refractivity contribution in [3.63, 3.8) is 0 Å². The Balaban J connectivity index is 2.10. The van der Waals surface area contributed by atoms with E-state index in [1.54, 1.807) is 0 Å². The van der Waals surface area contributed by atoms with Gasteiger partial charge in [0.1, 0.15) is 11.7 Å². The molecule has 1 atom stereocenters. The van der Waals surface area contributed by atoms with E-state index in [1.165, 1.54) is 6.07 Å². The number of carbonyl (C=O) groups is 2. The third-order valence-corrected chi connectivity index (χ3v) is 3.11. The molecule has 0 radical (unpaired) electrons. The molecule has 0 saturated carbocycles. The zero-order valence-electron chi connectivity index (χ0n) is 12.4. The quantitative estimate of drug-likeness (QED) is 0.855. The van der Waals surface area contributed by atoms with Crippen molar-refractivity contribution < 1.29 is 19.2 Å². The van der Waals surface area contributed by atoms with E-state index < -0.39 is 17.9 Å². The minimum atomic E-state index is -1.06. The highest BCUT2D eigenvalue weighted by Crippen LogP contribution is 2.18. The van der Waals surface area contributed by atoms with Gasteiger partial charge in [-0.2, -0.15) is 0 Å². The van der Waals surface area contributed by atoms with Gasteiger partial charge in [-0.15, -0.1) is 0 Å². The van der Waals surface area contributed by atoms with Crippen molar-refractivity contribution in [2.45, 2.75) is 26.3 Å². The molecule has 0 aliphatic carbocycles. The first-order valence-electron chi connectivity index (χ1n) is 7.03. The van der Waals surface area contributed by atoms with Crippen LogP contribution in [0.5, 0.6) is 0 Å². The van der Waals surface area contributed by atoms with E-state index in [9.17, 15) is 9.59 Å². The number of amides is 1. The maximum Gasteiger partial charge on any atom is 0.326 e. The van der Waals surface area contributed by atoms with Crippen molar-refractivity contribution in [3.05, 3.63) is 42.2 Å². The summed E-state index contributed by atoms with van der Waals surface area (Å²) < 4.78 is 5.01. The molecule has 1 heterocycles. The molecule has 2 aromatic rings. The van der Waals surface area contributed by atoms with Gasteiger partial charge < -0.3 is 14.9 Å². The predicted molar refractivity (Wildman–Crippen MR) is 80.3 cm³/mol. The lowest BCUT2D eigenvalue weighted by Gasteiger charge is -2.15. The molecule has 1 aromatic carbocycles. The van der Waals surface area contributed by atoms with Gasteiger partial charge in [0.15, 0.2) is 0 Å². The van der Waals surface area contributed by atoms with Crippen LogP contribution in [0.2, 0.25) is 0 Å². The second-order valence-corrected chi connectivity index (χ2v) is 5.44. The normalized spacial score (nSPS) is 12.1. The van der Waals surface area contributed by atoms with Crippen LogP contribution in [0.1, 0.15) is 30.8 Å². The number of hydrogen-bond acceptors (Lipinski definition) is 4. The van der Waals surface area contributed by atoms with Crippen LogP contribution in [0.15, 0.2) is 40.9 Å². The van der Waals surface area contributed by atoms with Crippen molar-refractivity contribution >= 4 is 11.9 Å². The highest BCUT2D eigenvalue weighted by atomic mass is 16.5. The van der Waals surface area contributed by atoms with E-state index in [-0.39, 0.29) is 11.7 Å². The lowest BCUT2D eigenvalue weighted by Crippen LogP contribution is -2.41. The SMILES string of the molecule is CC(C)C[C@H](NC(=O)c1cc(-c2ccccc2)no1)C(=O)O. The summed E-state index contributed by atoms with van der Waals surface area (Å²) in [6, 6.07) is 9.83. The van der Waals surface area contributed by atoms with Gasteiger partial charge in [0, 0.05) is 11.6 Å². The number of carboxylic acids is 1. The fraction of sp³-hybridized carbons (Fsp3) is 0.312. The minimum absolute atomic E-state index is 0.00569. The Morgan fingerprint density at radius 3 is 2.55 bits per heavy atom. The minimum Gasteiger partial charge on any atom is -0.480 e. The average Bonchev–Trinajstić information content (AvgIpc) is 2.96. The van der Waals surface area contributed by atoms with E-state index in [1.807, 2.05) is 44.2 Å². The van der Waals surface area contributed by atoms with Crippen molar-refractivity contribution in [1.82, 2.24) is 10.5 Å². The Morgan fingerprint density at radius 2 is 1.95 bits per heavy atom. The van der Waals surface area contributed by atoms with Gasteiger partial charge in [-0.05, 0) is 12.3 Å². The summed E-state index contributed by atoms with van der Waals surface area (Å²) in [6.45, 7) is 3.79. The molecule has 1 aromatic heterocycles. The zero-order chi connectivity index (χ0) is 16.1. The molecule has 0 saturated heterocycles. The fourth-order valence-corrected chi connectivity index (χ4v) is 2.05. The number of carbonyl (C=O) groups excluding carboxylic acids is 1. The molecule has 22 heavy (non-hydrogen) atoms. The van der Waals surface area contributed by atoms with Crippen LogP contribution in [0.25, 0.3) is 11.3 Å².